The second-order valence-corrected chi connectivity index (χ2v) is 7.93. The maximum Gasteiger partial charge on any atom is 0.269 e. The summed E-state index contributed by atoms with van der Waals surface area (Å²) >= 11 is 0. The monoisotopic (exact) mass is 436 g/mol. The molecule has 0 aliphatic heterocycles. The van der Waals surface area contributed by atoms with Crippen molar-refractivity contribution in [2.45, 2.75) is 4.90 Å². The summed E-state index contributed by atoms with van der Waals surface area (Å²) in [6.45, 7) is -0.500. The van der Waals surface area contributed by atoms with E-state index in [0.717, 1.165) is 4.31 Å². The maximum absolute atomic E-state index is 12.8. The third-order valence-corrected chi connectivity index (χ3v) is 5.76. The Hall–Kier alpha value is -3.51. The zero-order valence-electron chi connectivity index (χ0n) is 16.4. The standard InChI is InChI=1S/C18H20N4O7S/c1-21(30(26,27)17-10-15(28-2)8-9-16(17)29-3)12-18(23)20-19-11-13-4-6-14(7-5-13)22(24)25/h4-11H,12H2,1-3H3,(H,20,23). The van der Waals surface area contributed by atoms with E-state index in [1.165, 1.54) is 63.9 Å². The van der Waals surface area contributed by atoms with E-state index in [-0.39, 0.29) is 16.3 Å². The summed E-state index contributed by atoms with van der Waals surface area (Å²) in [6, 6.07) is 9.82. The van der Waals surface area contributed by atoms with Crippen LogP contribution in [0.2, 0.25) is 0 Å². The van der Waals surface area contributed by atoms with Gasteiger partial charge in [0.25, 0.3) is 11.6 Å². The Morgan fingerprint density at radius 1 is 1.20 bits per heavy atom. The fourth-order valence-corrected chi connectivity index (χ4v) is 3.63. The number of likely N-dealkylation sites (N-methyl/N-ethyl adjacent to an activating group) is 1. The van der Waals surface area contributed by atoms with Crippen molar-refractivity contribution in [3.8, 4) is 11.5 Å². The lowest BCUT2D eigenvalue weighted by Gasteiger charge is -2.18. The van der Waals surface area contributed by atoms with Gasteiger partial charge in [-0.3, -0.25) is 14.9 Å². The molecule has 0 heterocycles. The minimum Gasteiger partial charge on any atom is -0.497 e. The van der Waals surface area contributed by atoms with E-state index < -0.39 is 27.4 Å². The summed E-state index contributed by atoms with van der Waals surface area (Å²) in [6.07, 6.45) is 1.28. The largest absolute Gasteiger partial charge is 0.497 e. The minimum atomic E-state index is -4.05. The molecule has 1 amide bonds. The number of methoxy groups -OCH3 is 2. The molecule has 0 saturated heterocycles. The number of benzene rings is 2. The average Bonchev–Trinajstić information content (AvgIpc) is 2.73. The van der Waals surface area contributed by atoms with Gasteiger partial charge in [-0.2, -0.15) is 9.41 Å². The number of nitrogens with zero attached hydrogens (tertiary/aromatic N) is 3. The number of non-ortho nitro benzene ring substituents is 1. The topological polar surface area (TPSA) is 140 Å². The Morgan fingerprint density at radius 3 is 2.43 bits per heavy atom. The van der Waals surface area contributed by atoms with E-state index in [1.807, 2.05) is 0 Å². The van der Waals surface area contributed by atoms with Gasteiger partial charge in [0.2, 0.25) is 10.0 Å². The lowest BCUT2D eigenvalue weighted by atomic mass is 10.2. The number of ether oxygens (including phenoxy) is 2. The summed E-state index contributed by atoms with van der Waals surface area (Å²) < 4.78 is 36.6. The van der Waals surface area contributed by atoms with Gasteiger partial charge in [-0.1, -0.05) is 0 Å². The number of carbonyl (C=O) groups is 1. The number of hydrogen-bond acceptors (Lipinski definition) is 8. The molecule has 2 aromatic carbocycles. The first-order chi connectivity index (χ1) is 14.2. The highest BCUT2D eigenvalue weighted by atomic mass is 32.2. The highest BCUT2D eigenvalue weighted by Gasteiger charge is 2.27. The lowest BCUT2D eigenvalue weighted by Crippen LogP contribution is -2.36. The quantitative estimate of drug-likeness (QED) is 0.356. The average molecular weight is 436 g/mol. The van der Waals surface area contributed by atoms with Gasteiger partial charge < -0.3 is 9.47 Å². The van der Waals surface area contributed by atoms with E-state index in [2.05, 4.69) is 10.5 Å². The molecular weight excluding hydrogens is 416 g/mol. The molecule has 0 fully saturated rings. The highest BCUT2D eigenvalue weighted by molar-refractivity contribution is 7.89. The molecule has 0 aliphatic carbocycles. The zero-order chi connectivity index (χ0) is 22.3. The van der Waals surface area contributed by atoms with E-state index in [4.69, 9.17) is 9.47 Å². The lowest BCUT2D eigenvalue weighted by molar-refractivity contribution is -0.384. The third kappa shape index (κ3) is 5.52. The molecule has 0 unspecified atom stereocenters. The molecule has 1 N–H and O–H groups in total. The van der Waals surface area contributed by atoms with Gasteiger partial charge in [-0.15, -0.1) is 0 Å². The first-order valence-corrected chi connectivity index (χ1v) is 9.87. The van der Waals surface area contributed by atoms with Crippen molar-refractivity contribution in [1.29, 1.82) is 0 Å². The Labute approximate surface area is 173 Å². The van der Waals surface area contributed by atoms with Crippen molar-refractivity contribution in [3.05, 3.63) is 58.1 Å². The van der Waals surface area contributed by atoms with Crippen molar-refractivity contribution in [2.75, 3.05) is 27.8 Å². The van der Waals surface area contributed by atoms with Gasteiger partial charge >= 0.3 is 0 Å². The molecule has 11 nitrogen and oxygen atoms in total. The van der Waals surface area contributed by atoms with Gasteiger partial charge in [0.1, 0.15) is 16.4 Å². The number of sulfonamides is 1. The van der Waals surface area contributed by atoms with Crippen LogP contribution in [0, 0.1) is 10.1 Å². The first-order valence-electron chi connectivity index (χ1n) is 8.43. The van der Waals surface area contributed by atoms with Crippen LogP contribution in [0.15, 0.2) is 52.5 Å². The molecule has 0 saturated carbocycles. The Balaban J connectivity index is 2.05. The zero-order valence-corrected chi connectivity index (χ0v) is 17.3. The predicted octanol–water partition coefficient (Wildman–Crippen LogP) is 1.38. The maximum atomic E-state index is 12.8. The fraction of sp³-hybridized carbons (Fsp3) is 0.222. The van der Waals surface area contributed by atoms with Gasteiger partial charge in [-0.25, -0.2) is 13.8 Å². The van der Waals surface area contributed by atoms with Gasteiger partial charge in [0, 0.05) is 25.2 Å². The van der Waals surface area contributed by atoms with Crippen LogP contribution in [0.1, 0.15) is 5.56 Å². The number of hydrazone groups is 1. The molecule has 0 radical (unpaired) electrons. The van der Waals surface area contributed by atoms with Crippen LogP contribution in [0.4, 0.5) is 5.69 Å². The normalized spacial score (nSPS) is 11.5. The Bertz CT molecular complexity index is 1050. The second-order valence-electron chi connectivity index (χ2n) is 5.92. The Morgan fingerprint density at radius 2 is 1.87 bits per heavy atom. The van der Waals surface area contributed by atoms with E-state index >= 15 is 0 Å². The van der Waals surface area contributed by atoms with Crippen molar-refractivity contribution in [1.82, 2.24) is 9.73 Å². The summed E-state index contributed by atoms with van der Waals surface area (Å²) in [5, 5.41) is 14.3. The van der Waals surface area contributed by atoms with Crippen LogP contribution in [0.3, 0.4) is 0 Å². The number of hydrogen-bond donors (Lipinski definition) is 1. The fourth-order valence-electron chi connectivity index (χ4n) is 2.34. The predicted molar refractivity (Wildman–Crippen MR) is 108 cm³/mol. The molecule has 0 aromatic heterocycles. The van der Waals surface area contributed by atoms with Crippen LogP contribution in [-0.4, -0.2) is 57.6 Å². The summed E-state index contributed by atoms with van der Waals surface area (Å²) in [4.78, 5) is 22.0. The smallest absolute Gasteiger partial charge is 0.269 e. The number of nitro benzene ring substituents is 1. The Kier molecular flexibility index (Phi) is 7.44. The molecular formula is C18H20N4O7S. The number of rotatable bonds is 9. The van der Waals surface area contributed by atoms with Gasteiger partial charge in [-0.05, 0) is 29.8 Å². The summed E-state index contributed by atoms with van der Waals surface area (Å²) in [5.74, 6) is -0.250. The SMILES string of the molecule is COc1ccc(OC)c(S(=O)(=O)N(C)CC(=O)NN=Cc2ccc([N+](=O)[O-])cc2)c1. The highest BCUT2D eigenvalue weighted by Crippen LogP contribution is 2.30. The van der Waals surface area contributed by atoms with E-state index in [9.17, 15) is 23.3 Å². The van der Waals surface area contributed by atoms with Crippen LogP contribution < -0.4 is 14.9 Å². The molecule has 0 aliphatic rings. The second kappa shape index (κ2) is 9.80. The van der Waals surface area contributed by atoms with Crippen molar-refractivity contribution in [2.24, 2.45) is 5.10 Å². The molecule has 0 spiro atoms. The molecule has 2 aromatic rings. The van der Waals surface area contributed by atoms with Gasteiger partial charge in [0.05, 0.1) is 31.9 Å². The number of amides is 1. The van der Waals surface area contributed by atoms with Crippen LogP contribution in [0.5, 0.6) is 11.5 Å². The molecule has 2 rings (SSSR count). The summed E-state index contributed by atoms with van der Waals surface area (Å²) in [5.41, 5.74) is 2.65. The first kappa shape index (κ1) is 22.8. The van der Waals surface area contributed by atoms with Crippen molar-refractivity contribution >= 4 is 27.8 Å². The van der Waals surface area contributed by atoms with Crippen LogP contribution >= 0.6 is 0 Å². The molecule has 160 valence electrons. The number of nitrogens with one attached hydrogen (secondary N) is 1. The summed E-state index contributed by atoms with van der Waals surface area (Å²) in [7, 11) is -0.0689. The molecule has 0 atom stereocenters. The molecule has 30 heavy (non-hydrogen) atoms. The van der Waals surface area contributed by atoms with Crippen LogP contribution in [-0.2, 0) is 14.8 Å². The third-order valence-electron chi connectivity index (χ3n) is 3.93. The van der Waals surface area contributed by atoms with E-state index in [0.29, 0.717) is 11.3 Å². The molecule has 12 heteroatoms. The van der Waals surface area contributed by atoms with E-state index in [1.54, 1.807) is 6.07 Å². The molecule has 0 bridgehead atoms. The van der Waals surface area contributed by atoms with Gasteiger partial charge in [0.15, 0.2) is 0 Å². The number of nitro groups is 1. The number of carbonyl (C=O) groups excluding carboxylic acids is 1. The van der Waals surface area contributed by atoms with Crippen LogP contribution in [0.25, 0.3) is 0 Å². The van der Waals surface area contributed by atoms with Crippen molar-refractivity contribution in [3.63, 3.8) is 0 Å². The minimum absolute atomic E-state index is 0.0732. The van der Waals surface area contributed by atoms with Crippen molar-refractivity contribution < 1.29 is 27.6 Å².